The summed E-state index contributed by atoms with van der Waals surface area (Å²) in [7, 11) is -9.92. The number of hydrogen-bond acceptors (Lipinski definition) is 15. The first-order valence-corrected chi connectivity index (χ1v) is 44.9. The second-order valence-electron chi connectivity index (χ2n) is 30.4. The molecule has 17 nitrogen and oxygen atoms in total. The van der Waals surface area contributed by atoms with Crippen molar-refractivity contribution in [2.45, 2.75) is 439 Å². The predicted molar refractivity (Wildman–Crippen MR) is 409 cm³/mol. The number of aliphatic hydroxyl groups is 1. The van der Waals surface area contributed by atoms with Gasteiger partial charge in [0.25, 0.3) is 0 Å². The van der Waals surface area contributed by atoms with Crippen LogP contribution in [0.25, 0.3) is 0 Å². The van der Waals surface area contributed by atoms with E-state index in [-0.39, 0.29) is 25.7 Å². The summed E-state index contributed by atoms with van der Waals surface area (Å²) in [6.45, 7) is 11.9. The summed E-state index contributed by atoms with van der Waals surface area (Å²) < 4.78 is 68.7. The molecule has 0 spiro atoms. The van der Waals surface area contributed by atoms with E-state index in [9.17, 15) is 43.2 Å². The molecule has 19 heteroatoms. The lowest BCUT2D eigenvalue weighted by Crippen LogP contribution is -2.30. The number of esters is 4. The molecule has 0 heterocycles. The van der Waals surface area contributed by atoms with E-state index in [0.29, 0.717) is 31.6 Å². The van der Waals surface area contributed by atoms with Crippen molar-refractivity contribution >= 4 is 39.5 Å². The lowest BCUT2D eigenvalue weighted by molar-refractivity contribution is -0.161. The summed E-state index contributed by atoms with van der Waals surface area (Å²) in [5, 5.41) is 10.6. The average molecular weight is 1470 g/mol. The van der Waals surface area contributed by atoms with Crippen LogP contribution in [0.4, 0.5) is 0 Å². The molecule has 0 aromatic heterocycles. The van der Waals surface area contributed by atoms with E-state index in [2.05, 4.69) is 48.5 Å². The van der Waals surface area contributed by atoms with Gasteiger partial charge in [-0.05, 0) is 43.4 Å². The largest absolute Gasteiger partial charge is 0.472 e. The highest BCUT2D eigenvalue weighted by Gasteiger charge is 2.30. The molecule has 0 aromatic carbocycles. The van der Waals surface area contributed by atoms with Crippen molar-refractivity contribution in [3.8, 4) is 0 Å². The molecule has 0 amide bonds. The molecule has 0 fully saturated rings. The molecule has 0 aromatic rings. The van der Waals surface area contributed by atoms with Gasteiger partial charge in [0.2, 0.25) is 0 Å². The Bertz CT molecular complexity index is 1940. The first-order valence-electron chi connectivity index (χ1n) is 41.9. The van der Waals surface area contributed by atoms with Crippen molar-refractivity contribution in [2.75, 3.05) is 39.6 Å². The van der Waals surface area contributed by atoms with Gasteiger partial charge in [-0.1, -0.05) is 370 Å². The summed E-state index contributed by atoms with van der Waals surface area (Å²) in [5.74, 6) is 0.203. The normalized spacial score (nSPS) is 14.2. The zero-order chi connectivity index (χ0) is 73.7. The van der Waals surface area contributed by atoms with Gasteiger partial charge in [-0.15, -0.1) is 0 Å². The number of carbonyl (C=O) groups is 4. The van der Waals surface area contributed by atoms with E-state index >= 15 is 0 Å². The molecule has 100 heavy (non-hydrogen) atoms. The Morgan fingerprint density at radius 2 is 0.510 bits per heavy atom. The van der Waals surface area contributed by atoms with Crippen LogP contribution in [0.3, 0.4) is 0 Å². The summed E-state index contributed by atoms with van der Waals surface area (Å²) in [6, 6.07) is 0. The quantitative estimate of drug-likeness (QED) is 0.0222. The van der Waals surface area contributed by atoms with Crippen LogP contribution in [0.15, 0.2) is 0 Å². The molecule has 6 atom stereocenters. The van der Waals surface area contributed by atoms with Crippen LogP contribution < -0.4 is 0 Å². The minimum absolute atomic E-state index is 0.105. The maximum Gasteiger partial charge on any atom is 0.472 e. The maximum absolute atomic E-state index is 13.1. The zero-order valence-electron chi connectivity index (χ0n) is 65.7. The molecule has 3 unspecified atom stereocenters. The van der Waals surface area contributed by atoms with Gasteiger partial charge in [0.05, 0.1) is 26.4 Å². The first-order chi connectivity index (χ1) is 48.3. The Hall–Kier alpha value is -1.94. The van der Waals surface area contributed by atoms with Gasteiger partial charge in [-0.25, -0.2) is 9.13 Å². The predicted octanol–water partition coefficient (Wildman–Crippen LogP) is 24.1. The van der Waals surface area contributed by atoms with Crippen LogP contribution in [-0.2, 0) is 65.4 Å². The molecule has 0 aliphatic carbocycles. The van der Waals surface area contributed by atoms with Crippen LogP contribution in [0, 0.1) is 17.8 Å². The molecular formula is C81H158O17P2. The third kappa shape index (κ3) is 73.0. The van der Waals surface area contributed by atoms with Crippen molar-refractivity contribution in [3.05, 3.63) is 0 Å². The fourth-order valence-corrected chi connectivity index (χ4v) is 14.0. The monoisotopic (exact) mass is 1470 g/mol. The third-order valence-electron chi connectivity index (χ3n) is 19.2. The van der Waals surface area contributed by atoms with E-state index in [1.807, 2.05) is 0 Å². The van der Waals surface area contributed by atoms with E-state index < -0.39 is 97.5 Å². The molecule has 0 saturated heterocycles. The van der Waals surface area contributed by atoms with Crippen molar-refractivity contribution in [3.63, 3.8) is 0 Å². The van der Waals surface area contributed by atoms with Crippen LogP contribution in [0.2, 0.25) is 0 Å². The van der Waals surface area contributed by atoms with E-state index in [4.69, 9.17) is 37.0 Å². The van der Waals surface area contributed by atoms with Gasteiger partial charge in [0.1, 0.15) is 19.3 Å². The lowest BCUT2D eigenvalue weighted by Gasteiger charge is -2.21. The highest BCUT2D eigenvalue weighted by atomic mass is 31.2. The first kappa shape index (κ1) is 98.1. The van der Waals surface area contributed by atoms with E-state index in [1.54, 1.807) is 0 Å². The fourth-order valence-electron chi connectivity index (χ4n) is 12.5. The van der Waals surface area contributed by atoms with Crippen molar-refractivity contribution in [2.24, 2.45) is 17.8 Å². The highest BCUT2D eigenvalue weighted by Crippen LogP contribution is 2.45. The second-order valence-corrected chi connectivity index (χ2v) is 33.3. The van der Waals surface area contributed by atoms with E-state index in [1.165, 1.54) is 225 Å². The minimum atomic E-state index is -4.96. The molecular weight excluding hydrogens is 1310 g/mol. The van der Waals surface area contributed by atoms with Crippen LogP contribution in [0.5, 0.6) is 0 Å². The topological polar surface area (TPSA) is 237 Å². The van der Waals surface area contributed by atoms with Gasteiger partial charge >= 0.3 is 39.5 Å². The summed E-state index contributed by atoms with van der Waals surface area (Å²) >= 11 is 0. The number of carbonyl (C=O) groups excluding carboxylic acids is 4. The number of ether oxygens (including phenoxy) is 4. The summed E-state index contributed by atoms with van der Waals surface area (Å²) in [6.07, 6.45) is 59.8. The van der Waals surface area contributed by atoms with Gasteiger partial charge in [-0.2, -0.15) is 0 Å². The van der Waals surface area contributed by atoms with Crippen molar-refractivity contribution in [1.82, 2.24) is 0 Å². The van der Waals surface area contributed by atoms with Crippen molar-refractivity contribution in [1.29, 1.82) is 0 Å². The van der Waals surface area contributed by atoms with Gasteiger partial charge in [0.15, 0.2) is 12.2 Å². The number of hydrogen-bond donors (Lipinski definition) is 3. The maximum atomic E-state index is 13.1. The molecule has 0 radical (unpaired) electrons. The molecule has 0 rings (SSSR count). The van der Waals surface area contributed by atoms with Gasteiger partial charge < -0.3 is 33.8 Å². The molecule has 0 aliphatic heterocycles. The zero-order valence-corrected chi connectivity index (χ0v) is 67.5. The Labute approximate surface area is 613 Å². The average Bonchev–Trinajstić information content (AvgIpc) is 0.933. The minimum Gasteiger partial charge on any atom is -0.462 e. The Kier molecular flexibility index (Phi) is 69.9. The lowest BCUT2D eigenvalue weighted by atomic mass is 9.99. The van der Waals surface area contributed by atoms with Gasteiger partial charge in [-0.3, -0.25) is 37.3 Å². The Morgan fingerprint density at radius 1 is 0.290 bits per heavy atom. The molecule has 0 aliphatic rings. The fraction of sp³-hybridized carbons (Fsp3) is 0.951. The Morgan fingerprint density at radius 3 is 0.760 bits per heavy atom. The summed E-state index contributed by atoms with van der Waals surface area (Å²) in [4.78, 5) is 73.0. The highest BCUT2D eigenvalue weighted by molar-refractivity contribution is 7.47. The SMILES string of the molecule is CCCCCCCCCCCCCCCCCC(=O)OC[C@H](COP(=O)(O)OC[C@@H](O)COP(=O)(O)OC[C@@H](COC(=O)CCCCCCCCC(C)C)OC(=O)CCCCCCCCCCCCCC(C)C)OC(=O)CCCCCCCCCCCCCCCCCCCCC(C)CC. The molecule has 3 N–H and O–H groups in total. The molecule has 594 valence electrons. The van der Waals surface area contributed by atoms with Crippen molar-refractivity contribution < 1.29 is 80.2 Å². The van der Waals surface area contributed by atoms with Gasteiger partial charge in [0, 0.05) is 25.7 Å². The Balaban J connectivity index is 5.20. The second kappa shape index (κ2) is 71.3. The van der Waals surface area contributed by atoms with Crippen LogP contribution >= 0.6 is 15.6 Å². The summed E-state index contributed by atoms with van der Waals surface area (Å²) in [5.41, 5.74) is 0. The number of aliphatic hydroxyl groups excluding tert-OH is 1. The van der Waals surface area contributed by atoms with E-state index in [0.717, 1.165) is 108 Å². The number of phosphoric ester groups is 2. The number of unbranched alkanes of at least 4 members (excludes halogenated alkanes) is 46. The standard InChI is InChI=1S/C81H158O17P2/c1-8-10-11-12-13-14-15-16-21-25-30-35-40-48-55-62-78(83)91-68-76(97-80(85)64-57-50-41-36-31-26-23-20-18-17-19-22-24-29-34-39-47-54-61-74(7)9-2)70-95-99(87,88)93-66-75(82)67-94-100(89,90)96-71-77(69-92-79(84)63-56-49-44-43-46-53-60-73(5)6)98-81(86)65-58-51-42-37-32-27-28-33-38-45-52-59-72(3)4/h72-77,82H,8-71H2,1-7H3,(H,87,88)(H,89,90)/t74?,75-,76-,77-/m1/s1. The smallest absolute Gasteiger partial charge is 0.462 e. The third-order valence-corrected chi connectivity index (χ3v) is 21.1. The van der Waals surface area contributed by atoms with Crippen LogP contribution in [-0.4, -0.2) is 96.7 Å². The van der Waals surface area contributed by atoms with Crippen LogP contribution in [0.1, 0.15) is 421 Å². The molecule has 0 saturated carbocycles. The molecule has 0 bridgehead atoms. The number of phosphoric acid groups is 2. The number of rotatable bonds is 79.